The number of nitro groups is 1. The second kappa shape index (κ2) is 7.24. The van der Waals surface area contributed by atoms with Gasteiger partial charge in [-0.2, -0.15) is 0 Å². The van der Waals surface area contributed by atoms with E-state index in [2.05, 4.69) is 15.9 Å². The third-order valence-corrected chi connectivity index (χ3v) is 3.29. The molecule has 6 nitrogen and oxygen atoms in total. The van der Waals surface area contributed by atoms with Gasteiger partial charge in [-0.05, 0) is 24.3 Å². The van der Waals surface area contributed by atoms with E-state index in [4.69, 9.17) is 21.1 Å². The van der Waals surface area contributed by atoms with Gasteiger partial charge in [-0.25, -0.2) is 4.79 Å². The van der Waals surface area contributed by atoms with Gasteiger partial charge in [0, 0.05) is 16.6 Å². The topological polar surface area (TPSA) is 78.7 Å². The van der Waals surface area contributed by atoms with Crippen LogP contribution in [0.1, 0.15) is 0 Å². The molecule has 0 aliphatic carbocycles. The minimum atomic E-state index is -0.671. The number of halogens is 2. The zero-order chi connectivity index (χ0) is 16.1. The van der Waals surface area contributed by atoms with Crippen LogP contribution in [0.5, 0.6) is 11.5 Å². The monoisotopic (exact) mass is 385 g/mol. The second-order valence-electron chi connectivity index (χ2n) is 4.09. The van der Waals surface area contributed by atoms with Crippen molar-refractivity contribution in [2.45, 2.75) is 0 Å². The van der Waals surface area contributed by atoms with E-state index in [0.717, 1.165) is 10.5 Å². The summed E-state index contributed by atoms with van der Waals surface area (Å²) in [5.74, 6) is -0.132. The molecule has 0 spiro atoms. The van der Waals surface area contributed by atoms with Gasteiger partial charge in [0.1, 0.15) is 11.5 Å². The van der Waals surface area contributed by atoms with Gasteiger partial charge in [0.2, 0.25) is 0 Å². The van der Waals surface area contributed by atoms with Gasteiger partial charge < -0.3 is 9.47 Å². The van der Waals surface area contributed by atoms with Gasteiger partial charge in [0.25, 0.3) is 5.69 Å². The molecule has 2 aromatic carbocycles. The minimum Gasteiger partial charge on any atom is -0.482 e. The van der Waals surface area contributed by atoms with Crippen molar-refractivity contribution >= 4 is 39.2 Å². The number of rotatable bonds is 5. The van der Waals surface area contributed by atoms with E-state index in [1.165, 1.54) is 12.1 Å². The van der Waals surface area contributed by atoms with Gasteiger partial charge in [-0.3, -0.25) is 10.1 Å². The van der Waals surface area contributed by atoms with E-state index >= 15 is 0 Å². The van der Waals surface area contributed by atoms with Crippen molar-refractivity contribution in [2.24, 2.45) is 0 Å². The molecule has 0 amide bonds. The van der Waals surface area contributed by atoms with Gasteiger partial charge in [-0.15, -0.1) is 0 Å². The summed E-state index contributed by atoms with van der Waals surface area (Å²) in [6.45, 7) is -0.316. The number of hydrogen-bond donors (Lipinski definition) is 0. The fraction of sp³-hybridized carbons (Fsp3) is 0.0714. The Labute approximate surface area is 138 Å². The number of hydrogen-bond acceptors (Lipinski definition) is 5. The number of nitro benzene ring substituents is 1. The maximum absolute atomic E-state index is 11.7. The zero-order valence-electron chi connectivity index (χ0n) is 11.0. The van der Waals surface area contributed by atoms with E-state index in [0.29, 0.717) is 5.75 Å². The molecule has 8 heteroatoms. The fourth-order valence-corrected chi connectivity index (χ4v) is 2.13. The molecule has 114 valence electrons. The Morgan fingerprint density at radius 2 is 2.05 bits per heavy atom. The molecule has 22 heavy (non-hydrogen) atoms. The summed E-state index contributed by atoms with van der Waals surface area (Å²) in [7, 11) is 0. The van der Waals surface area contributed by atoms with Crippen LogP contribution in [0.15, 0.2) is 46.9 Å². The van der Waals surface area contributed by atoms with E-state index in [1.807, 2.05) is 6.07 Å². The van der Waals surface area contributed by atoms with Crippen LogP contribution in [0.2, 0.25) is 5.02 Å². The normalized spacial score (nSPS) is 10.1. The number of nitrogens with zero attached hydrogens (tertiary/aromatic N) is 1. The first-order valence-corrected chi connectivity index (χ1v) is 7.16. The Morgan fingerprint density at radius 3 is 2.68 bits per heavy atom. The Kier molecular flexibility index (Phi) is 5.35. The van der Waals surface area contributed by atoms with Crippen molar-refractivity contribution in [2.75, 3.05) is 6.61 Å². The summed E-state index contributed by atoms with van der Waals surface area (Å²) in [5.41, 5.74) is -0.185. The highest BCUT2D eigenvalue weighted by Crippen LogP contribution is 2.28. The van der Waals surface area contributed by atoms with Crippen LogP contribution in [0.25, 0.3) is 0 Å². The van der Waals surface area contributed by atoms with Crippen LogP contribution < -0.4 is 9.47 Å². The smallest absolute Gasteiger partial charge is 0.349 e. The van der Waals surface area contributed by atoms with Crippen LogP contribution in [-0.2, 0) is 4.79 Å². The third-order valence-electron chi connectivity index (χ3n) is 2.50. The number of non-ortho nitro benzene ring substituents is 1. The lowest BCUT2D eigenvalue weighted by molar-refractivity contribution is -0.384. The summed E-state index contributed by atoms with van der Waals surface area (Å²) in [6.07, 6.45) is 0. The predicted octanol–water partition coefficient (Wildman–Crippen LogP) is 4.00. The van der Waals surface area contributed by atoms with Crippen molar-refractivity contribution in [1.82, 2.24) is 0 Å². The quantitative estimate of drug-likeness (QED) is 0.336. The highest BCUT2D eigenvalue weighted by molar-refractivity contribution is 9.10. The second-order valence-corrected chi connectivity index (χ2v) is 5.41. The molecule has 0 unspecified atom stereocenters. The van der Waals surface area contributed by atoms with Crippen molar-refractivity contribution in [3.05, 3.63) is 62.1 Å². The number of benzene rings is 2. The highest BCUT2D eigenvalue weighted by Gasteiger charge is 2.13. The Morgan fingerprint density at radius 1 is 1.27 bits per heavy atom. The van der Waals surface area contributed by atoms with Crippen molar-refractivity contribution in [1.29, 1.82) is 0 Å². The number of ether oxygens (including phenoxy) is 2. The SMILES string of the molecule is O=C(COc1cccc(Br)c1)Oc1ccc([N+](=O)[O-])cc1Cl. The number of carbonyl (C=O) groups is 1. The standard InChI is InChI=1S/C14H9BrClNO5/c15-9-2-1-3-11(6-9)21-8-14(18)22-13-5-4-10(17(19)20)7-12(13)16/h1-7H,8H2. The lowest BCUT2D eigenvalue weighted by atomic mass is 10.3. The molecule has 0 aromatic heterocycles. The average molecular weight is 387 g/mol. The van der Waals surface area contributed by atoms with Crippen molar-refractivity contribution in [3.8, 4) is 11.5 Å². The molecule has 0 bridgehead atoms. The minimum absolute atomic E-state index is 0.0231. The number of carbonyl (C=O) groups excluding carboxylic acids is 1. The maximum atomic E-state index is 11.7. The van der Waals surface area contributed by atoms with Crippen LogP contribution in [0.3, 0.4) is 0 Å². The first-order valence-electron chi connectivity index (χ1n) is 5.98. The molecular formula is C14H9BrClNO5. The molecule has 0 fully saturated rings. The van der Waals surface area contributed by atoms with E-state index < -0.39 is 10.9 Å². The predicted molar refractivity (Wildman–Crippen MR) is 83.4 cm³/mol. The van der Waals surface area contributed by atoms with Crippen molar-refractivity contribution in [3.63, 3.8) is 0 Å². The summed E-state index contributed by atoms with van der Waals surface area (Å²) < 4.78 is 11.1. The molecular weight excluding hydrogens is 378 g/mol. The van der Waals surface area contributed by atoms with Crippen LogP contribution in [-0.4, -0.2) is 17.5 Å². The lowest BCUT2D eigenvalue weighted by Gasteiger charge is -2.08. The molecule has 0 heterocycles. The Hall–Kier alpha value is -2.12. The largest absolute Gasteiger partial charge is 0.482 e. The molecule has 0 atom stereocenters. The Bertz CT molecular complexity index is 722. The summed E-state index contributed by atoms with van der Waals surface area (Å²) >= 11 is 9.11. The fourth-order valence-electron chi connectivity index (χ4n) is 1.54. The van der Waals surface area contributed by atoms with Crippen LogP contribution >= 0.6 is 27.5 Å². The molecule has 0 aliphatic rings. The van der Waals surface area contributed by atoms with Gasteiger partial charge in [0.05, 0.1) is 9.95 Å². The van der Waals surface area contributed by atoms with Crippen LogP contribution in [0.4, 0.5) is 5.69 Å². The molecule has 0 aliphatic heterocycles. The van der Waals surface area contributed by atoms with Crippen LogP contribution in [0, 0.1) is 10.1 Å². The lowest BCUT2D eigenvalue weighted by Crippen LogP contribution is -2.17. The van der Waals surface area contributed by atoms with Crippen molar-refractivity contribution < 1.29 is 19.2 Å². The average Bonchev–Trinajstić information content (AvgIpc) is 2.47. The number of esters is 1. The molecule has 0 N–H and O–H groups in total. The molecule has 0 saturated heterocycles. The highest BCUT2D eigenvalue weighted by atomic mass is 79.9. The summed E-state index contributed by atoms with van der Waals surface area (Å²) in [6, 6.07) is 10.5. The summed E-state index contributed by atoms with van der Waals surface area (Å²) in [5, 5.41) is 10.6. The van der Waals surface area contributed by atoms with Gasteiger partial charge in [-0.1, -0.05) is 33.6 Å². The Balaban J connectivity index is 1.96. The molecule has 0 saturated carbocycles. The summed E-state index contributed by atoms with van der Waals surface area (Å²) in [4.78, 5) is 21.7. The van der Waals surface area contributed by atoms with Gasteiger partial charge in [0.15, 0.2) is 6.61 Å². The van der Waals surface area contributed by atoms with E-state index in [-0.39, 0.29) is 23.1 Å². The zero-order valence-corrected chi connectivity index (χ0v) is 13.3. The first-order chi connectivity index (χ1) is 10.5. The van der Waals surface area contributed by atoms with E-state index in [1.54, 1.807) is 18.2 Å². The molecule has 2 aromatic rings. The van der Waals surface area contributed by atoms with Gasteiger partial charge >= 0.3 is 5.97 Å². The molecule has 2 rings (SSSR count). The molecule has 0 radical (unpaired) electrons. The first kappa shape index (κ1) is 16.3. The maximum Gasteiger partial charge on any atom is 0.349 e. The van der Waals surface area contributed by atoms with E-state index in [9.17, 15) is 14.9 Å². The third kappa shape index (κ3) is 4.44.